The zero-order valence-corrected chi connectivity index (χ0v) is 31.1. The summed E-state index contributed by atoms with van der Waals surface area (Å²) in [6.07, 6.45) is 14.8. The SMILES string of the molecule is C[C@H](CCCN(C)Cc1ccccc1)[C@H]1CC[C@H]2[C@@H]3[C@H](OCCCN)C[C@@H]4C[C@H](OCCCN)CC[C@]4(C)[C@H]3C[C@H](OCCCN)[C@]12C. The Labute approximate surface area is 293 Å². The zero-order valence-electron chi connectivity index (χ0n) is 31.1. The maximum absolute atomic E-state index is 7.04. The molecule has 5 rings (SSSR count). The van der Waals surface area contributed by atoms with Crippen LogP contribution in [0.5, 0.6) is 0 Å². The molecule has 0 amide bonds. The van der Waals surface area contributed by atoms with Crippen LogP contribution in [0.25, 0.3) is 0 Å². The minimum atomic E-state index is 0.159. The summed E-state index contributed by atoms with van der Waals surface area (Å²) in [5, 5.41) is 0. The summed E-state index contributed by atoms with van der Waals surface area (Å²) >= 11 is 0. The van der Waals surface area contributed by atoms with Gasteiger partial charge in [0.15, 0.2) is 0 Å². The van der Waals surface area contributed by atoms with Gasteiger partial charge in [0.25, 0.3) is 0 Å². The van der Waals surface area contributed by atoms with Gasteiger partial charge in [0.2, 0.25) is 0 Å². The van der Waals surface area contributed by atoms with E-state index in [9.17, 15) is 0 Å². The molecule has 4 aliphatic carbocycles. The fourth-order valence-corrected chi connectivity index (χ4v) is 11.5. The Bertz CT molecular complexity index is 1080. The predicted octanol–water partition coefficient (Wildman–Crippen LogP) is 6.62. The number of rotatable bonds is 19. The third-order valence-electron chi connectivity index (χ3n) is 14.0. The second-order valence-electron chi connectivity index (χ2n) is 16.8. The molecule has 11 atom stereocenters. The van der Waals surface area contributed by atoms with Crippen LogP contribution >= 0.6 is 0 Å². The highest BCUT2D eigenvalue weighted by molar-refractivity contribution is 5.16. The van der Waals surface area contributed by atoms with Crippen LogP contribution < -0.4 is 17.2 Å². The highest BCUT2D eigenvalue weighted by Crippen LogP contribution is 2.69. The van der Waals surface area contributed by atoms with Gasteiger partial charge in [-0.05, 0) is 157 Å². The largest absolute Gasteiger partial charge is 0.378 e. The lowest BCUT2D eigenvalue weighted by molar-refractivity contribution is -0.227. The molecule has 0 bridgehead atoms. The molecule has 4 saturated carbocycles. The Hall–Kier alpha value is -1.06. The molecule has 274 valence electrons. The normalized spacial score (nSPS) is 36.8. The fraction of sp³-hybridized carbons (Fsp3) is 0.854. The number of hydrogen-bond donors (Lipinski definition) is 3. The summed E-state index contributed by atoms with van der Waals surface area (Å²) in [5.74, 6) is 3.81. The molecule has 0 radical (unpaired) electrons. The van der Waals surface area contributed by atoms with Crippen molar-refractivity contribution < 1.29 is 14.2 Å². The number of nitrogens with zero attached hydrogens (tertiary/aromatic N) is 1. The molecular weight excluding hydrogens is 596 g/mol. The first-order valence-electron chi connectivity index (χ1n) is 19.9. The van der Waals surface area contributed by atoms with E-state index < -0.39 is 0 Å². The molecule has 0 heterocycles. The monoisotopic (exact) mass is 669 g/mol. The van der Waals surface area contributed by atoms with E-state index in [1.54, 1.807) is 0 Å². The Kier molecular flexibility index (Phi) is 14.3. The number of fused-ring (bicyclic) bond motifs is 5. The standard InChI is InChI=1S/C41H72N4O3/c1-30(12-8-22-45(4)29-31-13-6-5-7-14-31)34-15-16-35-39-36(28-38(41(34,35)3)48-25-11-21-44)40(2)18-17-33(46-23-9-19-42)26-32(40)27-37(39)47-24-10-20-43/h5-7,13-14,30,32-39H,8-12,15-29,42-44H2,1-4H3/t30-,32+,33-,34-,35+,36+,37-,38+,39+,40+,41-/m1/s1. The average molecular weight is 669 g/mol. The number of ether oxygens (including phenoxy) is 3. The summed E-state index contributed by atoms with van der Waals surface area (Å²) < 4.78 is 20.4. The Morgan fingerprint density at radius 3 is 2.21 bits per heavy atom. The fourth-order valence-electron chi connectivity index (χ4n) is 11.5. The van der Waals surface area contributed by atoms with E-state index >= 15 is 0 Å². The van der Waals surface area contributed by atoms with E-state index in [0.29, 0.717) is 72.8 Å². The lowest BCUT2D eigenvalue weighted by Crippen LogP contribution is -2.63. The molecule has 6 N–H and O–H groups in total. The Balaban J connectivity index is 1.34. The molecule has 4 fully saturated rings. The third kappa shape index (κ3) is 8.52. The maximum Gasteiger partial charge on any atom is 0.0637 e. The van der Waals surface area contributed by atoms with Gasteiger partial charge in [-0.3, -0.25) is 0 Å². The summed E-state index contributed by atoms with van der Waals surface area (Å²) in [6, 6.07) is 10.9. The molecule has 7 nitrogen and oxygen atoms in total. The van der Waals surface area contributed by atoms with Gasteiger partial charge in [-0.15, -0.1) is 0 Å². The third-order valence-corrected chi connectivity index (χ3v) is 14.0. The molecule has 0 unspecified atom stereocenters. The Morgan fingerprint density at radius 1 is 0.812 bits per heavy atom. The minimum absolute atomic E-state index is 0.159. The van der Waals surface area contributed by atoms with E-state index in [1.165, 1.54) is 44.1 Å². The molecule has 0 aliphatic heterocycles. The number of hydrogen-bond acceptors (Lipinski definition) is 7. The second-order valence-corrected chi connectivity index (χ2v) is 16.8. The first-order chi connectivity index (χ1) is 23.3. The molecule has 0 spiro atoms. The van der Waals surface area contributed by atoms with Crippen LogP contribution in [0.3, 0.4) is 0 Å². The van der Waals surface area contributed by atoms with Crippen LogP contribution in [0.4, 0.5) is 0 Å². The molecule has 1 aromatic rings. The Morgan fingerprint density at radius 2 is 1.50 bits per heavy atom. The first-order valence-corrected chi connectivity index (χ1v) is 19.9. The van der Waals surface area contributed by atoms with Crippen LogP contribution in [0.15, 0.2) is 30.3 Å². The first kappa shape index (κ1) is 38.2. The molecule has 4 aliphatic rings. The lowest BCUT2D eigenvalue weighted by atomic mass is 9.43. The summed E-state index contributed by atoms with van der Waals surface area (Å²) in [6.45, 7) is 14.4. The molecule has 0 aromatic heterocycles. The van der Waals surface area contributed by atoms with Crippen LogP contribution in [0.2, 0.25) is 0 Å². The van der Waals surface area contributed by atoms with Crippen LogP contribution in [0, 0.1) is 46.3 Å². The lowest BCUT2D eigenvalue weighted by Gasteiger charge is -2.65. The molecule has 1 aromatic carbocycles. The predicted molar refractivity (Wildman–Crippen MR) is 197 cm³/mol. The summed E-state index contributed by atoms with van der Waals surface area (Å²) in [7, 11) is 2.27. The average Bonchev–Trinajstić information content (AvgIpc) is 3.44. The zero-order chi connectivity index (χ0) is 34.1. The topological polar surface area (TPSA) is 109 Å². The van der Waals surface area contributed by atoms with Crippen molar-refractivity contribution in [2.45, 2.75) is 123 Å². The smallest absolute Gasteiger partial charge is 0.0637 e. The summed E-state index contributed by atoms with van der Waals surface area (Å²) in [5.41, 5.74) is 19.6. The van der Waals surface area contributed by atoms with Crippen LogP contribution in [-0.2, 0) is 20.8 Å². The van der Waals surface area contributed by atoms with Crippen molar-refractivity contribution in [1.82, 2.24) is 4.90 Å². The molecule has 0 saturated heterocycles. The highest BCUT2D eigenvalue weighted by Gasteiger charge is 2.66. The second kappa shape index (κ2) is 17.9. The summed E-state index contributed by atoms with van der Waals surface area (Å²) in [4.78, 5) is 2.49. The van der Waals surface area contributed by atoms with E-state index in [0.717, 1.165) is 71.4 Å². The van der Waals surface area contributed by atoms with Crippen molar-refractivity contribution in [3.05, 3.63) is 35.9 Å². The van der Waals surface area contributed by atoms with Crippen molar-refractivity contribution in [3.8, 4) is 0 Å². The van der Waals surface area contributed by atoms with Crippen molar-refractivity contribution in [2.75, 3.05) is 53.0 Å². The molecular formula is C41H72N4O3. The van der Waals surface area contributed by atoms with Gasteiger partial charge in [-0.25, -0.2) is 0 Å². The van der Waals surface area contributed by atoms with Gasteiger partial charge in [0.05, 0.1) is 18.3 Å². The van der Waals surface area contributed by atoms with Crippen molar-refractivity contribution in [3.63, 3.8) is 0 Å². The quantitative estimate of drug-likeness (QED) is 0.142. The van der Waals surface area contributed by atoms with Gasteiger partial charge < -0.3 is 36.3 Å². The van der Waals surface area contributed by atoms with Gasteiger partial charge in [-0.1, -0.05) is 51.1 Å². The van der Waals surface area contributed by atoms with E-state index in [4.69, 9.17) is 31.4 Å². The number of nitrogens with two attached hydrogens (primary N) is 3. The highest BCUT2D eigenvalue weighted by atomic mass is 16.5. The van der Waals surface area contributed by atoms with Crippen molar-refractivity contribution in [2.24, 2.45) is 63.5 Å². The van der Waals surface area contributed by atoms with Crippen molar-refractivity contribution >= 4 is 0 Å². The van der Waals surface area contributed by atoms with Crippen LogP contribution in [0.1, 0.15) is 103 Å². The molecule has 48 heavy (non-hydrogen) atoms. The van der Waals surface area contributed by atoms with Gasteiger partial charge in [-0.2, -0.15) is 0 Å². The van der Waals surface area contributed by atoms with Crippen molar-refractivity contribution in [1.29, 1.82) is 0 Å². The maximum atomic E-state index is 7.04. The van der Waals surface area contributed by atoms with Gasteiger partial charge in [0, 0.05) is 31.8 Å². The van der Waals surface area contributed by atoms with E-state index in [2.05, 4.69) is 63.1 Å². The van der Waals surface area contributed by atoms with Crippen LogP contribution in [-0.4, -0.2) is 76.3 Å². The minimum Gasteiger partial charge on any atom is -0.378 e. The van der Waals surface area contributed by atoms with E-state index in [-0.39, 0.29) is 11.5 Å². The molecule has 7 heteroatoms. The van der Waals surface area contributed by atoms with E-state index in [1.807, 2.05) is 0 Å². The van der Waals surface area contributed by atoms with Gasteiger partial charge >= 0.3 is 0 Å². The number of benzene rings is 1. The van der Waals surface area contributed by atoms with Gasteiger partial charge in [0.1, 0.15) is 0 Å².